The second-order valence-electron chi connectivity index (χ2n) is 7.29. The Labute approximate surface area is 148 Å². The van der Waals surface area contributed by atoms with Crippen LogP contribution in [-0.4, -0.2) is 24.4 Å². The standard InChI is InChI=1S/C20H25NO4/c1-20(2,3)16-11-9-14(10-12-16)18(23)21-17(22)13-25-19(24)15-7-5-4-6-8-15/h4-5,9-12,15H,6-8,13H2,1-3H3,(H,21,22,23)/t15-/m0/s1. The van der Waals surface area contributed by atoms with E-state index in [4.69, 9.17) is 4.74 Å². The maximum absolute atomic E-state index is 12.1. The Morgan fingerprint density at radius 3 is 2.36 bits per heavy atom. The van der Waals surface area contributed by atoms with E-state index in [1.165, 1.54) is 0 Å². The van der Waals surface area contributed by atoms with Crippen LogP contribution in [0.15, 0.2) is 36.4 Å². The molecule has 0 fully saturated rings. The Hall–Kier alpha value is -2.43. The summed E-state index contributed by atoms with van der Waals surface area (Å²) in [6.07, 6.45) is 6.19. The van der Waals surface area contributed by atoms with Gasteiger partial charge in [0.25, 0.3) is 11.8 Å². The highest BCUT2D eigenvalue weighted by atomic mass is 16.5. The fraction of sp³-hybridized carbons (Fsp3) is 0.450. The third-order valence-corrected chi connectivity index (χ3v) is 4.21. The number of benzene rings is 1. The maximum Gasteiger partial charge on any atom is 0.309 e. The largest absolute Gasteiger partial charge is 0.455 e. The Morgan fingerprint density at radius 1 is 1.12 bits per heavy atom. The summed E-state index contributed by atoms with van der Waals surface area (Å²) in [4.78, 5) is 35.8. The van der Waals surface area contributed by atoms with E-state index < -0.39 is 18.4 Å². The smallest absolute Gasteiger partial charge is 0.309 e. The number of hydrogen-bond acceptors (Lipinski definition) is 4. The van der Waals surface area contributed by atoms with E-state index in [0.717, 1.165) is 18.4 Å². The van der Waals surface area contributed by atoms with E-state index >= 15 is 0 Å². The van der Waals surface area contributed by atoms with E-state index in [0.29, 0.717) is 12.0 Å². The summed E-state index contributed by atoms with van der Waals surface area (Å²) in [5.41, 5.74) is 1.49. The third-order valence-electron chi connectivity index (χ3n) is 4.21. The Kier molecular flexibility index (Phi) is 6.12. The van der Waals surface area contributed by atoms with Crippen molar-refractivity contribution >= 4 is 17.8 Å². The van der Waals surface area contributed by atoms with E-state index in [-0.39, 0.29) is 17.3 Å². The highest BCUT2D eigenvalue weighted by Crippen LogP contribution is 2.22. The molecule has 2 rings (SSSR count). The third kappa shape index (κ3) is 5.55. The first-order valence-electron chi connectivity index (χ1n) is 8.54. The zero-order chi connectivity index (χ0) is 18.4. The number of carbonyl (C=O) groups is 3. The molecule has 0 radical (unpaired) electrons. The molecule has 1 aromatic rings. The quantitative estimate of drug-likeness (QED) is 0.673. The molecule has 5 heteroatoms. The lowest BCUT2D eigenvalue weighted by Crippen LogP contribution is -2.35. The molecule has 1 aliphatic carbocycles. The van der Waals surface area contributed by atoms with Crippen LogP contribution in [0.1, 0.15) is 56.0 Å². The number of carbonyl (C=O) groups excluding carboxylic acids is 3. The molecule has 1 aliphatic rings. The monoisotopic (exact) mass is 343 g/mol. The van der Waals surface area contributed by atoms with Crippen molar-refractivity contribution in [3.8, 4) is 0 Å². The van der Waals surface area contributed by atoms with Crippen LogP contribution < -0.4 is 5.32 Å². The van der Waals surface area contributed by atoms with Gasteiger partial charge in [0.1, 0.15) is 0 Å². The molecule has 1 aromatic carbocycles. The Balaban J connectivity index is 1.82. The molecule has 25 heavy (non-hydrogen) atoms. The van der Waals surface area contributed by atoms with Crippen LogP contribution in [0.5, 0.6) is 0 Å². The molecule has 0 unspecified atom stereocenters. The minimum Gasteiger partial charge on any atom is -0.455 e. The first-order chi connectivity index (χ1) is 11.8. The van der Waals surface area contributed by atoms with Gasteiger partial charge in [-0.3, -0.25) is 19.7 Å². The average Bonchev–Trinajstić information content (AvgIpc) is 2.59. The SMILES string of the molecule is CC(C)(C)c1ccc(C(=O)NC(=O)COC(=O)[C@H]2CC=CCC2)cc1. The fourth-order valence-electron chi connectivity index (χ4n) is 2.62. The van der Waals surface area contributed by atoms with Crippen molar-refractivity contribution in [3.63, 3.8) is 0 Å². The van der Waals surface area contributed by atoms with Crippen molar-refractivity contribution in [3.05, 3.63) is 47.5 Å². The van der Waals surface area contributed by atoms with Gasteiger partial charge in [-0.05, 0) is 42.4 Å². The van der Waals surface area contributed by atoms with Crippen molar-refractivity contribution in [2.75, 3.05) is 6.61 Å². The summed E-state index contributed by atoms with van der Waals surface area (Å²) in [6, 6.07) is 7.11. The number of amides is 2. The summed E-state index contributed by atoms with van der Waals surface area (Å²) in [7, 11) is 0. The van der Waals surface area contributed by atoms with E-state index in [2.05, 4.69) is 26.1 Å². The van der Waals surface area contributed by atoms with Crippen LogP contribution in [-0.2, 0) is 19.7 Å². The lowest BCUT2D eigenvalue weighted by Gasteiger charge is -2.19. The summed E-state index contributed by atoms with van der Waals surface area (Å²) < 4.78 is 5.01. The van der Waals surface area contributed by atoms with Gasteiger partial charge in [-0.2, -0.15) is 0 Å². The normalized spacial score (nSPS) is 17.0. The maximum atomic E-state index is 12.1. The Morgan fingerprint density at radius 2 is 1.80 bits per heavy atom. The highest BCUT2D eigenvalue weighted by Gasteiger charge is 2.21. The van der Waals surface area contributed by atoms with Crippen LogP contribution in [0.2, 0.25) is 0 Å². The lowest BCUT2D eigenvalue weighted by molar-refractivity contribution is -0.152. The molecular weight excluding hydrogens is 318 g/mol. The van der Waals surface area contributed by atoms with Gasteiger partial charge in [-0.1, -0.05) is 45.1 Å². The van der Waals surface area contributed by atoms with Gasteiger partial charge in [-0.15, -0.1) is 0 Å². The second kappa shape index (κ2) is 8.10. The van der Waals surface area contributed by atoms with E-state index in [1.54, 1.807) is 12.1 Å². The zero-order valence-electron chi connectivity index (χ0n) is 15.0. The van der Waals surface area contributed by atoms with Crippen LogP contribution in [0.3, 0.4) is 0 Å². The summed E-state index contributed by atoms with van der Waals surface area (Å²) >= 11 is 0. The molecule has 0 saturated carbocycles. The molecule has 0 aliphatic heterocycles. The van der Waals surface area contributed by atoms with Gasteiger partial charge < -0.3 is 4.74 Å². The number of ether oxygens (including phenoxy) is 1. The zero-order valence-corrected chi connectivity index (χ0v) is 15.0. The molecule has 0 spiro atoms. The predicted octanol–water partition coefficient (Wildman–Crippen LogP) is 3.14. The Bertz CT molecular complexity index is 668. The molecule has 0 aromatic heterocycles. The summed E-state index contributed by atoms with van der Waals surface area (Å²) in [6.45, 7) is 5.82. The van der Waals surface area contributed by atoms with Crippen molar-refractivity contribution < 1.29 is 19.1 Å². The first-order valence-corrected chi connectivity index (χ1v) is 8.54. The second-order valence-corrected chi connectivity index (χ2v) is 7.29. The van der Waals surface area contributed by atoms with Crippen molar-refractivity contribution in [2.45, 2.75) is 45.4 Å². The molecule has 1 N–H and O–H groups in total. The van der Waals surface area contributed by atoms with Gasteiger partial charge in [0, 0.05) is 5.56 Å². The van der Waals surface area contributed by atoms with Crippen LogP contribution >= 0.6 is 0 Å². The molecule has 134 valence electrons. The predicted molar refractivity (Wildman–Crippen MR) is 95.1 cm³/mol. The van der Waals surface area contributed by atoms with Crippen LogP contribution in [0.25, 0.3) is 0 Å². The minimum absolute atomic E-state index is 0.00661. The lowest BCUT2D eigenvalue weighted by atomic mass is 9.87. The van der Waals surface area contributed by atoms with Crippen molar-refractivity contribution in [1.29, 1.82) is 0 Å². The van der Waals surface area contributed by atoms with Crippen LogP contribution in [0, 0.1) is 5.92 Å². The highest BCUT2D eigenvalue weighted by molar-refractivity contribution is 6.05. The van der Waals surface area contributed by atoms with Crippen molar-refractivity contribution in [1.82, 2.24) is 5.32 Å². The number of allylic oxidation sites excluding steroid dienone is 2. The molecule has 1 atom stereocenters. The molecular formula is C20H25NO4. The van der Waals surface area contributed by atoms with E-state index in [9.17, 15) is 14.4 Å². The van der Waals surface area contributed by atoms with E-state index in [1.807, 2.05) is 24.3 Å². The average molecular weight is 343 g/mol. The number of imide groups is 1. The van der Waals surface area contributed by atoms with Gasteiger partial charge in [0.15, 0.2) is 6.61 Å². The fourth-order valence-corrected chi connectivity index (χ4v) is 2.62. The number of esters is 1. The van der Waals surface area contributed by atoms with Gasteiger partial charge in [0.2, 0.25) is 0 Å². The molecule has 0 saturated heterocycles. The van der Waals surface area contributed by atoms with Gasteiger partial charge in [-0.25, -0.2) is 0 Å². The molecule has 0 bridgehead atoms. The summed E-state index contributed by atoms with van der Waals surface area (Å²) in [5.74, 6) is -1.70. The topological polar surface area (TPSA) is 72.5 Å². The van der Waals surface area contributed by atoms with Crippen LogP contribution in [0.4, 0.5) is 0 Å². The number of nitrogens with one attached hydrogen (secondary N) is 1. The first kappa shape index (κ1) is 18.9. The molecule has 5 nitrogen and oxygen atoms in total. The number of hydrogen-bond donors (Lipinski definition) is 1. The number of rotatable bonds is 4. The molecule has 2 amide bonds. The molecule has 0 heterocycles. The summed E-state index contributed by atoms with van der Waals surface area (Å²) in [5, 5.41) is 2.24. The van der Waals surface area contributed by atoms with Gasteiger partial charge in [0.05, 0.1) is 5.92 Å². The van der Waals surface area contributed by atoms with Gasteiger partial charge >= 0.3 is 5.97 Å². The van der Waals surface area contributed by atoms with Crippen molar-refractivity contribution in [2.24, 2.45) is 5.92 Å². The minimum atomic E-state index is -0.621.